The predicted octanol–water partition coefficient (Wildman–Crippen LogP) is 3.69. The van der Waals surface area contributed by atoms with Gasteiger partial charge in [0, 0.05) is 49.1 Å². The fourth-order valence-corrected chi connectivity index (χ4v) is 4.70. The first kappa shape index (κ1) is 18.8. The summed E-state index contributed by atoms with van der Waals surface area (Å²) in [4.78, 5) is 19.1. The average molecular weight is 406 g/mol. The van der Waals surface area contributed by atoms with Gasteiger partial charge in [0.1, 0.15) is 24.2 Å². The van der Waals surface area contributed by atoms with Crippen molar-refractivity contribution in [2.24, 2.45) is 0 Å². The van der Waals surface area contributed by atoms with E-state index in [-0.39, 0.29) is 36.5 Å². The first-order chi connectivity index (χ1) is 14.7. The van der Waals surface area contributed by atoms with Crippen LogP contribution in [0.1, 0.15) is 25.7 Å². The van der Waals surface area contributed by atoms with Crippen molar-refractivity contribution in [2.45, 2.75) is 50.4 Å². The lowest BCUT2D eigenvalue weighted by Gasteiger charge is -2.39. The van der Waals surface area contributed by atoms with Crippen LogP contribution in [0.5, 0.6) is 5.75 Å². The lowest BCUT2D eigenvalue weighted by molar-refractivity contribution is -0.137. The molecule has 3 aromatic rings. The number of halogens is 1. The van der Waals surface area contributed by atoms with Crippen LogP contribution in [0.25, 0.3) is 11.1 Å². The molecule has 154 valence electrons. The molecule has 0 saturated carbocycles. The van der Waals surface area contributed by atoms with Crippen molar-refractivity contribution in [3.8, 4) is 16.9 Å². The smallest absolute Gasteiger partial charge is 0.244 e. The Morgan fingerprint density at radius 1 is 1.03 bits per heavy atom. The average Bonchev–Trinajstić information content (AvgIpc) is 3.32. The summed E-state index contributed by atoms with van der Waals surface area (Å²) in [6.45, 7) is 0.212. The maximum atomic E-state index is 13.1. The summed E-state index contributed by atoms with van der Waals surface area (Å²) in [6.07, 6.45) is 10.9. The van der Waals surface area contributed by atoms with E-state index in [4.69, 9.17) is 4.74 Å². The Hall–Kier alpha value is -3.22. The Kier molecular flexibility index (Phi) is 4.94. The van der Waals surface area contributed by atoms with Gasteiger partial charge in [-0.15, -0.1) is 0 Å². The zero-order chi connectivity index (χ0) is 20.5. The number of pyridine rings is 1. The molecular weight excluding hydrogens is 383 g/mol. The van der Waals surface area contributed by atoms with E-state index in [1.165, 1.54) is 12.1 Å². The minimum atomic E-state index is -0.270. The summed E-state index contributed by atoms with van der Waals surface area (Å²) in [5, 5.41) is 4.34. The van der Waals surface area contributed by atoms with E-state index in [1.54, 1.807) is 35.4 Å². The summed E-state index contributed by atoms with van der Waals surface area (Å²) < 4.78 is 20.9. The molecule has 1 amide bonds. The van der Waals surface area contributed by atoms with E-state index in [2.05, 4.69) is 10.1 Å². The van der Waals surface area contributed by atoms with Crippen LogP contribution < -0.4 is 4.74 Å². The number of piperidine rings is 1. The van der Waals surface area contributed by atoms with Gasteiger partial charge < -0.3 is 9.64 Å². The molecule has 0 unspecified atom stereocenters. The van der Waals surface area contributed by atoms with Gasteiger partial charge in [-0.1, -0.05) is 12.1 Å². The molecule has 6 nitrogen and oxygen atoms in total. The highest BCUT2D eigenvalue weighted by atomic mass is 19.1. The molecule has 0 aliphatic carbocycles. The Balaban J connectivity index is 1.23. The van der Waals surface area contributed by atoms with Gasteiger partial charge in [-0.2, -0.15) is 5.10 Å². The normalized spacial score (nSPS) is 22.8. The highest BCUT2D eigenvalue weighted by molar-refractivity contribution is 5.77. The molecule has 2 fully saturated rings. The molecular formula is C23H23FN4O2. The summed E-state index contributed by atoms with van der Waals surface area (Å²) in [5.74, 6) is 0.658. The van der Waals surface area contributed by atoms with Gasteiger partial charge in [0.05, 0.1) is 6.20 Å². The number of aromatic nitrogens is 3. The van der Waals surface area contributed by atoms with Crippen molar-refractivity contribution >= 4 is 5.91 Å². The van der Waals surface area contributed by atoms with Crippen LogP contribution in [0.4, 0.5) is 4.39 Å². The fraction of sp³-hybridized carbons (Fsp3) is 0.348. The molecule has 1 aromatic carbocycles. The largest absolute Gasteiger partial charge is 0.490 e. The molecule has 0 spiro atoms. The van der Waals surface area contributed by atoms with E-state index in [0.29, 0.717) is 0 Å². The van der Waals surface area contributed by atoms with Gasteiger partial charge >= 0.3 is 0 Å². The quantitative estimate of drug-likeness (QED) is 0.649. The zero-order valence-electron chi connectivity index (χ0n) is 16.5. The van der Waals surface area contributed by atoms with Crippen molar-refractivity contribution < 1.29 is 13.9 Å². The third kappa shape index (κ3) is 3.79. The van der Waals surface area contributed by atoms with Crippen molar-refractivity contribution in [1.82, 2.24) is 19.7 Å². The standard InChI is InChI=1S/C23H23FN4O2/c24-18-3-1-16(2-4-18)17-13-26-27(14-17)15-23(29)28-19-5-6-20(28)12-22(11-19)30-21-7-9-25-10-8-21/h1-4,7-10,13-14,19-20,22H,5-6,11-12,15H2/t19-,20-/m0/s1. The Morgan fingerprint density at radius 3 is 2.43 bits per heavy atom. The Morgan fingerprint density at radius 2 is 1.73 bits per heavy atom. The van der Waals surface area contributed by atoms with Gasteiger partial charge in [-0.05, 0) is 42.7 Å². The van der Waals surface area contributed by atoms with E-state index in [9.17, 15) is 9.18 Å². The number of benzene rings is 1. The number of ether oxygens (including phenoxy) is 1. The number of carbonyl (C=O) groups is 1. The molecule has 0 radical (unpaired) electrons. The number of hydrogen-bond acceptors (Lipinski definition) is 4. The minimum Gasteiger partial charge on any atom is -0.490 e. The van der Waals surface area contributed by atoms with Crippen LogP contribution in [0.15, 0.2) is 61.2 Å². The first-order valence-corrected chi connectivity index (χ1v) is 10.3. The minimum absolute atomic E-state index is 0.0959. The number of amides is 1. The van der Waals surface area contributed by atoms with Crippen molar-refractivity contribution in [2.75, 3.05) is 0 Å². The summed E-state index contributed by atoms with van der Waals surface area (Å²) in [7, 11) is 0. The Bertz CT molecular complexity index is 1010. The third-order valence-corrected chi connectivity index (χ3v) is 6.04. The van der Waals surface area contributed by atoms with Gasteiger partial charge in [0.25, 0.3) is 0 Å². The summed E-state index contributed by atoms with van der Waals surface area (Å²) in [5.41, 5.74) is 1.75. The third-order valence-electron chi connectivity index (χ3n) is 6.04. The molecule has 4 heterocycles. The second-order valence-corrected chi connectivity index (χ2v) is 8.01. The van der Waals surface area contributed by atoms with E-state index in [1.807, 2.05) is 23.2 Å². The second-order valence-electron chi connectivity index (χ2n) is 8.01. The topological polar surface area (TPSA) is 60.2 Å². The van der Waals surface area contributed by atoms with Crippen molar-refractivity contribution in [3.05, 3.63) is 67.0 Å². The van der Waals surface area contributed by atoms with E-state index in [0.717, 1.165) is 42.6 Å². The maximum Gasteiger partial charge on any atom is 0.244 e. The molecule has 30 heavy (non-hydrogen) atoms. The van der Waals surface area contributed by atoms with Gasteiger partial charge in [0.2, 0.25) is 5.91 Å². The monoisotopic (exact) mass is 406 g/mol. The predicted molar refractivity (Wildman–Crippen MR) is 109 cm³/mol. The maximum absolute atomic E-state index is 13.1. The second kappa shape index (κ2) is 7.89. The van der Waals surface area contributed by atoms with E-state index < -0.39 is 0 Å². The molecule has 2 saturated heterocycles. The first-order valence-electron chi connectivity index (χ1n) is 10.3. The number of fused-ring (bicyclic) bond motifs is 2. The van der Waals surface area contributed by atoms with Crippen molar-refractivity contribution in [3.63, 3.8) is 0 Å². The fourth-order valence-electron chi connectivity index (χ4n) is 4.70. The molecule has 2 aliphatic rings. The van der Waals surface area contributed by atoms with Gasteiger partial charge in [-0.25, -0.2) is 4.39 Å². The molecule has 5 rings (SSSR count). The number of carbonyl (C=O) groups excluding carboxylic acids is 1. The summed E-state index contributed by atoms with van der Waals surface area (Å²) >= 11 is 0. The molecule has 2 atom stereocenters. The molecule has 7 heteroatoms. The lowest BCUT2D eigenvalue weighted by atomic mass is 9.99. The van der Waals surface area contributed by atoms with Crippen molar-refractivity contribution in [1.29, 1.82) is 0 Å². The lowest BCUT2D eigenvalue weighted by Crippen LogP contribution is -2.50. The number of rotatable bonds is 5. The Labute approximate surface area is 174 Å². The number of hydrogen-bond donors (Lipinski definition) is 0. The zero-order valence-corrected chi connectivity index (χ0v) is 16.5. The van der Waals surface area contributed by atoms with Crippen LogP contribution in [0.3, 0.4) is 0 Å². The van der Waals surface area contributed by atoms with Gasteiger partial charge in [-0.3, -0.25) is 14.5 Å². The number of nitrogens with zero attached hydrogens (tertiary/aromatic N) is 4. The SMILES string of the molecule is O=C(Cn1cc(-c2ccc(F)cc2)cn1)N1[C@H]2CC[C@H]1CC(Oc1ccncc1)C2. The summed E-state index contributed by atoms with van der Waals surface area (Å²) in [6, 6.07) is 10.5. The molecule has 2 aromatic heterocycles. The van der Waals surface area contributed by atoms with Crippen LogP contribution in [0, 0.1) is 5.82 Å². The molecule has 2 bridgehead atoms. The van der Waals surface area contributed by atoms with E-state index >= 15 is 0 Å². The molecule has 2 aliphatic heterocycles. The van der Waals surface area contributed by atoms with Gasteiger partial charge in [0.15, 0.2) is 0 Å². The highest BCUT2D eigenvalue weighted by Gasteiger charge is 2.43. The van der Waals surface area contributed by atoms with Crippen LogP contribution in [-0.2, 0) is 11.3 Å². The molecule has 0 N–H and O–H groups in total. The van der Waals surface area contributed by atoms with Crippen LogP contribution in [-0.4, -0.2) is 43.8 Å². The van der Waals surface area contributed by atoms with Crippen LogP contribution >= 0.6 is 0 Å². The van der Waals surface area contributed by atoms with Crippen LogP contribution in [0.2, 0.25) is 0 Å². The highest BCUT2D eigenvalue weighted by Crippen LogP contribution is 2.37.